The van der Waals surface area contributed by atoms with Crippen molar-refractivity contribution in [2.45, 2.75) is 32.4 Å². The summed E-state index contributed by atoms with van der Waals surface area (Å²) >= 11 is 0. The summed E-state index contributed by atoms with van der Waals surface area (Å²) in [5, 5.41) is 9.39. The Morgan fingerprint density at radius 2 is 2.00 bits per heavy atom. The molecule has 6 heteroatoms. The third-order valence-electron chi connectivity index (χ3n) is 3.43. The summed E-state index contributed by atoms with van der Waals surface area (Å²) in [5.41, 5.74) is 0.740. The number of alkyl halides is 2. The van der Waals surface area contributed by atoms with E-state index in [9.17, 15) is 14.0 Å². The summed E-state index contributed by atoms with van der Waals surface area (Å²) in [7, 11) is 0. The van der Waals surface area contributed by atoms with Gasteiger partial charge in [0.2, 0.25) is 0 Å². The minimum atomic E-state index is -2.90. The van der Waals surface area contributed by atoms with Gasteiger partial charge in [-0.15, -0.1) is 0 Å². The highest BCUT2D eigenvalue weighted by molar-refractivity contribution is 5.45. The molecular formula is C15H18F2N2O2. The first kappa shape index (κ1) is 15.5. The Hall–Kier alpha value is -1.87. The maximum Gasteiger partial charge on any atom is 0.387 e. The molecule has 0 amide bonds. The average Bonchev–Trinajstić information content (AvgIpc) is 2.96. The molecule has 1 heterocycles. The largest absolute Gasteiger partial charge is 0.490 e. The number of halogens is 2. The number of rotatable bonds is 6. The van der Waals surface area contributed by atoms with Crippen LogP contribution in [0.5, 0.6) is 11.5 Å². The summed E-state index contributed by atoms with van der Waals surface area (Å²) in [6.45, 7) is 0.945. The molecule has 1 aromatic rings. The first-order valence-corrected chi connectivity index (χ1v) is 7.01. The Labute approximate surface area is 122 Å². The minimum Gasteiger partial charge on any atom is -0.490 e. The van der Waals surface area contributed by atoms with Crippen molar-refractivity contribution in [2.24, 2.45) is 0 Å². The first-order valence-electron chi connectivity index (χ1n) is 7.01. The number of nitriles is 1. The molecule has 0 aliphatic carbocycles. The van der Waals surface area contributed by atoms with Crippen molar-refractivity contribution < 1.29 is 18.3 Å². The molecule has 21 heavy (non-hydrogen) atoms. The molecule has 4 nitrogen and oxygen atoms in total. The van der Waals surface area contributed by atoms with E-state index in [-0.39, 0.29) is 17.5 Å². The Morgan fingerprint density at radius 3 is 2.57 bits per heavy atom. The second-order valence-electron chi connectivity index (χ2n) is 4.79. The lowest BCUT2D eigenvalue weighted by molar-refractivity contribution is -0.0514. The van der Waals surface area contributed by atoms with Gasteiger partial charge in [-0.05, 0) is 50.6 Å². The van der Waals surface area contributed by atoms with E-state index in [4.69, 9.17) is 4.74 Å². The molecule has 0 radical (unpaired) electrons. The lowest BCUT2D eigenvalue weighted by atomic mass is 10.1. The quantitative estimate of drug-likeness (QED) is 0.807. The van der Waals surface area contributed by atoms with Crippen LogP contribution in [-0.4, -0.2) is 31.2 Å². The molecule has 0 bridgehead atoms. The van der Waals surface area contributed by atoms with Crippen molar-refractivity contribution in [2.75, 3.05) is 19.7 Å². The number of hydrogen-bond donors (Lipinski definition) is 0. The fourth-order valence-electron chi connectivity index (χ4n) is 2.52. The lowest BCUT2D eigenvalue weighted by Gasteiger charge is -2.22. The normalized spacial score (nSPS) is 16.7. The molecule has 1 fully saturated rings. The molecule has 1 aromatic carbocycles. The number of ether oxygens (including phenoxy) is 2. The predicted octanol–water partition coefficient (Wildman–Crippen LogP) is 3.35. The molecular weight excluding hydrogens is 278 g/mol. The zero-order chi connectivity index (χ0) is 15.2. The van der Waals surface area contributed by atoms with Crippen molar-refractivity contribution in [3.05, 3.63) is 23.8 Å². The first-order chi connectivity index (χ1) is 10.2. The Balaban J connectivity index is 2.27. The van der Waals surface area contributed by atoms with Crippen molar-refractivity contribution >= 4 is 0 Å². The van der Waals surface area contributed by atoms with E-state index in [1.807, 2.05) is 0 Å². The van der Waals surface area contributed by atoms with Crippen LogP contribution in [0.4, 0.5) is 8.78 Å². The van der Waals surface area contributed by atoms with Crippen LogP contribution in [0.2, 0.25) is 0 Å². The van der Waals surface area contributed by atoms with E-state index >= 15 is 0 Å². The molecule has 0 N–H and O–H groups in total. The number of benzene rings is 1. The fourth-order valence-corrected chi connectivity index (χ4v) is 2.52. The smallest absolute Gasteiger partial charge is 0.387 e. The summed E-state index contributed by atoms with van der Waals surface area (Å²) in [5.74, 6) is 0.239. The van der Waals surface area contributed by atoms with E-state index in [0.717, 1.165) is 31.5 Å². The van der Waals surface area contributed by atoms with Gasteiger partial charge in [0.05, 0.1) is 12.7 Å². The zero-order valence-corrected chi connectivity index (χ0v) is 11.9. The molecule has 0 saturated carbocycles. The summed E-state index contributed by atoms with van der Waals surface area (Å²) in [4.78, 5) is 2.08. The van der Waals surface area contributed by atoms with Crippen molar-refractivity contribution in [3.8, 4) is 17.6 Å². The highest BCUT2D eigenvalue weighted by Gasteiger charge is 2.24. The summed E-state index contributed by atoms with van der Waals surface area (Å²) < 4.78 is 34.5. The van der Waals surface area contributed by atoms with Crippen LogP contribution in [0.3, 0.4) is 0 Å². The van der Waals surface area contributed by atoms with E-state index < -0.39 is 6.61 Å². The minimum absolute atomic E-state index is 0.00582. The van der Waals surface area contributed by atoms with Gasteiger partial charge in [-0.2, -0.15) is 14.0 Å². The van der Waals surface area contributed by atoms with Crippen molar-refractivity contribution in [1.82, 2.24) is 4.90 Å². The van der Waals surface area contributed by atoms with E-state index in [2.05, 4.69) is 15.7 Å². The van der Waals surface area contributed by atoms with E-state index in [1.54, 1.807) is 19.1 Å². The van der Waals surface area contributed by atoms with Crippen molar-refractivity contribution in [1.29, 1.82) is 5.26 Å². The maximum absolute atomic E-state index is 12.4. The lowest BCUT2D eigenvalue weighted by Crippen LogP contribution is -2.24. The fraction of sp³-hybridized carbons (Fsp3) is 0.533. The molecule has 0 spiro atoms. The highest BCUT2D eigenvalue weighted by Crippen LogP contribution is 2.34. The second kappa shape index (κ2) is 7.23. The molecule has 114 valence electrons. The number of nitrogens with zero attached hydrogens (tertiary/aromatic N) is 2. The molecule has 1 saturated heterocycles. The highest BCUT2D eigenvalue weighted by atomic mass is 19.3. The summed E-state index contributed by atoms with van der Waals surface area (Å²) in [6, 6.07) is 6.59. The maximum atomic E-state index is 12.4. The monoisotopic (exact) mass is 296 g/mol. The second-order valence-corrected chi connectivity index (χ2v) is 4.79. The van der Waals surface area contributed by atoms with Gasteiger partial charge in [0.25, 0.3) is 0 Å². The third kappa shape index (κ3) is 3.82. The van der Waals surface area contributed by atoms with Crippen LogP contribution in [0.1, 0.15) is 31.4 Å². The van der Waals surface area contributed by atoms with Gasteiger partial charge in [0.15, 0.2) is 11.5 Å². The predicted molar refractivity (Wildman–Crippen MR) is 73.4 cm³/mol. The van der Waals surface area contributed by atoms with Crippen LogP contribution in [-0.2, 0) is 0 Å². The van der Waals surface area contributed by atoms with Gasteiger partial charge in [0, 0.05) is 0 Å². The zero-order valence-electron chi connectivity index (χ0n) is 11.9. The molecule has 1 atom stereocenters. The van der Waals surface area contributed by atoms with Crippen LogP contribution >= 0.6 is 0 Å². The van der Waals surface area contributed by atoms with Gasteiger partial charge >= 0.3 is 6.61 Å². The standard InChI is InChI=1S/C15H18F2N2O2/c1-2-20-14-9-11(5-6-13(14)21-15(16)17)12(10-18)19-7-3-4-8-19/h5-6,9,12,15H,2-4,7-8H2,1H3. The molecule has 1 aliphatic rings. The summed E-state index contributed by atoms with van der Waals surface area (Å²) in [6.07, 6.45) is 2.14. The van der Waals surface area contributed by atoms with Gasteiger partial charge in [-0.25, -0.2) is 0 Å². The average molecular weight is 296 g/mol. The van der Waals surface area contributed by atoms with Gasteiger partial charge in [-0.1, -0.05) is 6.07 Å². The van der Waals surface area contributed by atoms with E-state index in [1.165, 1.54) is 6.07 Å². The topological polar surface area (TPSA) is 45.5 Å². The van der Waals surface area contributed by atoms with Crippen LogP contribution in [0, 0.1) is 11.3 Å². The molecule has 0 aromatic heterocycles. The van der Waals surface area contributed by atoms with Gasteiger partial charge in [-0.3, -0.25) is 4.90 Å². The van der Waals surface area contributed by atoms with Crippen LogP contribution < -0.4 is 9.47 Å². The molecule has 2 rings (SSSR count). The Kier molecular flexibility index (Phi) is 5.34. The van der Waals surface area contributed by atoms with Gasteiger partial charge in [0.1, 0.15) is 6.04 Å². The van der Waals surface area contributed by atoms with Crippen molar-refractivity contribution in [3.63, 3.8) is 0 Å². The van der Waals surface area contributed by atoms with Crippen LogP contribution in [0.15, 0.2) is 18.2 Å². The Bertz CT molecular complexity index is 511. The number of likely N-dealkylation sites (tertiary alicyclic amines) is 1. The molecule has 1 aliphatic heterocycles. The van der Waals surface area contributed by atoms with Crippen LogP contribution in [0.25, 0.3) is 0 Å². The van der Waals surface area contributed by atoms with Gasteiger partial charge < -0.3 is 9.47 Å². The SMILES string of the molecule is CCOc1cc(C(C#N)N2CCCC2)ccc1OC(F)F. The molecule has 1 unspecified atom stereocenters. The number of hydrogen-bond acceptors (Lipinski definition) is 4. The van der Waals surface area contributed by atoms with E-state index in [0.29, 0.717) is 6.61 Å². The Morgan fingerprint density at radius 1 is 1.29 bits per heavy atom. The third-order valence-corrected chi connectivity index (χ3v) is 3.43.